The van der Waals surface area contributed by atoms with Gasteiger partial charge in [0.15, 0.2) is 0 Å². The second-order valence-electron chi connectivity index (χ2n) is 4.36. The Morgan fingerprint density at radius 2 is 1.90 bits per heavy atom. The molecule has 2 nitrogen and oxygen atoms in total. The molecule has 1 atom stereocenters. The van der Waals surface area contributed by atoms with Gasteiger partial charge in [-0.3, -0.25) is 0 Å². The van der Waals surface area contributed by atoms with Crippen molar-refractivity contribution in [1.29, 1.82) is 0 Å². The first kappa shape index (κ1) is 15.1. The Morgan fingerprint density at radius 1 is 1.15 bits per heavy atom. The fraction of sp³-hybridized carbons (Fsp3) is 0.200. The van der Waals surface area contributed by atoms with Gasteiger partial charge in [0.1, 0.15) is 11.6 Å². The van der Waals surface area contributed by atoms with E-state index in [1.54, 1.807) is 24.3 Å². The van der Waals surface area contributed by atoms with Gasteiger partial charge in [-0.1, -0.05) is 35.3 Å². The lowest BCUT2D eigenvalue weighted by molar-refractivity contribution is 0.178. The molecule has 0 aliphatic rings. The third-order valence-corrected chi connectivity index (χ3v) is 3.56. The minimum atomic E-state index is -0.750. The van der Waals surface area contributed by atoms with Crippen LogP contribution in [0, 0.1) is 5.82 Å². The van der Waals surface area contributed by atoms with Crippen molar-refractivity contribution >= 4 is 23.2 Å². The van der Waals surface area contributed by atoms with E-state index in [-0.39, 0.29) is 5.02 Å². The number of rotatable bonds is 4. The van der Waals surface area contributed by atoms with E-state index >= 15 is 0 Å². The summed E-state index contributed by atoms with van der Waals surface area (Å²) in [5.41, 5.74) is 1.41. The summed E-state index contributed by atoms with van der Waals surface area (Å²) < 4.78 is 18.1. The zero-order valence-electron chi connectivity index (χ0n) is 10.7. The Balaban J connectivity index is 2.17. The highest BCUT2D eigenvalue weighted by molar-refractivity contribution is 6.32. The molecule has 0 aromatic heterocycles. The van der Waals surface area contributed by atoms with Crippen LogP contribution in [0.1, 0.15) is 17.2 Å². The van der Waals surface area contributed by atoms with Gasteiger partial charge in [0.25, 0.3) is 0 Å². The van der Waals surface area contributed by atoms with E-state index in [2.05, 4.69) is 0 Å². The first-order chi connectivity index (χ1) is 9.51. The minimum Gasteiger partial charge on any atom is -0.495 e. The highest BCUT2D eigenvalue weighted by Gasteiger charge is 2.12. The molecule has 0 radical (unpaired) electrons. The topological polar surface area (TPSA) is 29.5 Å². The summed E-state index contributed by atoms with van der Waals surface area (Å²) in [6.45, 7) is 0. The smallest absolute Gasteiger partial charge is 0.141 e. The van der Waals surface area contributed by atoms with E-state index in [9.17, 15) is 9.50 Å². The van der Waals surface area contributed by atoms with Crippen LogP contribution < -0.4 is 4.74 Å². The third-order valence-electron chi connectivity index (χ3n) is 2.97. The SMILES string of the molecule is COc1ccc(C(O)Cc2ccc(F)c(Cl)c2)cc1Cl. The standard InChI is InChI=1S/C15H13Cl2FO2/c1-20-15-5-3-10(8-12(15)17)14(19)7-9-2-4-13(18)11(16)6-9/h2-6,8,14,19H,7H2,1H3. The molecular formula is C15H13Cl2FO2. The average molecular weight is 315 g/mol. The maximum Gasteiger partial charge on any atom is 0.141 e. The lowest BCUT2D eigenvalue weighted by atomic mass is 10.0. The first-order valence-corrected chi connectivity index (χ1v) is 6.72. The van der Waals surface area contributed by atoms with Crippen molar-refractivity contribution in [3.05, 3.63) is 63.4 Å². The van der Waals surface area contributed by atoms with Crippen LogP contribution in [0.15, 0.2) is 36.4 Å². The molecule has 106 valence electrons. The molecule has 20 heavy (non-hydrogen) atoms. The fourth-order valence-electron chi connectivity index (χ4n) is 1.90. The molecular weight excluding hydrogens is 302 g/mol. The summed E-state index contributed by atoms with van der Waals surface area (Å²) in [5.74, 6) is 0.0739. The lowest BCUT2D eigenvalue weighted by Gasteiger charge is -2.13. The van der Waals surface area contributed by atoms with Crippen molar-refractivity contribution in [1.82, 2.24) is 0 Å². The maximum atomic E-state index is 13.1. The van der Waals surface area contributed by atoms with Gasteiger partial charge < -0.3 is 9.84 Å². The molecule has 0 fully saturated rings. The summed E-state index contributed by atoms with van der Waals surface area (Å²) in [6.07, 6.45) is -0.428. The summed E-state index contributed by atoms with van der Waals surface area (Å²) in [7, 11) is 1.53. The molecule has 1 N–H and O–H groups in total. The predicted molar refractivity (Wildman–Crippen MR) is 78.1 cm³/mol. The predicted octanol–water partition coefficient (Wildman–Crippen LogP) is 4.42. The largest absolute Gasteiger partial charge is 0.495 e. The van der Waals surface area contributed by atoms with Gasteiger partial charge in [0, 0.05) is 6.42 Å². The number of hydrogen-bond acceptors (Lipinski definition) is 2. The summed E-state index contributed by atoms with van der Waals surface area (Å²) in [4.78, 5) is 0. The van der Waals surface area contributed by atoms with Crippen LogP contribution in [0.25, 0.3) is 0 Å². The number of aliphatic hydroxyl groups excluding tert-OH is 1. The van der Waals surface area contributed by atoms with Gasteiger partial charge in [0.05, 0.1) is 23.3 Å². The van der Waals surface area contributed by atoms with E-state index in [1.165, 1.54) is 19.2 Å². The fourth-order valence-corrected chi connectivity index (χ4v) is 2.37. The first-order valence-electron chi connectivity index (χ1n) is 5.96. The molecule has 0 saturated heterocycles. The normalized spacial score (nSPS) is 12.2. The van der Waals surface area contributed by atoms with Gasteiger partial charge in [-0.15, -0.1) is 0 Å². The second kappa shape index (κ2) is 6.44. The van der Waals surface area contributed by atoms with E-state index in [4.69, 9.17) is 27.9 Å². The highest BCUT2D eigenvalue weighted by Crippen LogP contribution is 2.29. The Hall–Kier alpha value is -1.29. The molecule has 2 aromatic rings. The van der Waals surface area contributed by atoms with E-state index in [0.29, 0.717) is 22.8 Å². The summed E-state index contributed by atoms with van der Waals surface area (Å²) >= 11 is 11.7. The van der Waals surface area contributed by atoms with Crippen molar-refractivity contribution in [3.8, 4) is 5.75 Å². The molecule has 5 heteroatoms. The Bertz CT molecular complexity index is 617. The number of hydrogen-bond donors (Lipinski definition) is 1. The molecule has 0 aliphatic heterocycles. The molecule has 0 bridgehead atoms. The van der Waals surface area contributed by atoms with Gasteiger partial charge in [-0.2, -0.15) is 0 Å². The van der Waals surface area contributed by atoms with Crippen LogP contribution in [0.5, 0.6) is 5.75 Å². The van der Waals surface area contributed by atoms with Crippen LogP contribution in [0.4, 0.5) is 4.39 Å². The van der Waals surface area contributed by atoms with Crippen molar-refractivity contribution in [2.75, 3.05) is 7.11 Å². The van der Waals surface area contributed by atoms with Crippen LogP contribution >= 0.6 is 23.2 Å². The Morgan fingerprint density at radius 3 is 2.50 bits per heavy atom. The van der Waals surface area contributed by atoms with E-state index in [0.717, 1.165) is 5.56 Å². The Kier molecular flexibility index (Phi) is 4.86. The maximum absolute atomic E-state index is 13.1. The van der Waals surface area contributed by atoms with E-state index < -0.39 is 11.9 Å². The number of methoxy groups -OCH3 is 1. The molecule has 2 rings (SSSR count). The zero-order valence-corrected chi connectivity index (χ0v) is 12.2. The highest BCUT2D eigenvalue weighted by atomic mass is 35.5. The van der Waals surface area contributed by atoms with Crippen molar-refractivity contribution in [3.63, 3.8) is 0 Å². The van der Waals surface area contributed by atoms with Gasteiger partial charge in [-0.25, -0.2) is 4.39 Å². The van der Waals surface area contributed by atoms with E-state index in [1.807, 2.05) is 0 Å². The second-order valence-corrected chi connectivity index (χ2v) is 5.18. The van der Waals surface area contributed by atoms with Crippen LogP contribution in [0.2, 0.25) is 10.0 Å². The molecule has 0 aliphatic carbocycles. The molecule has 0 spiro atoms. The minimum absolute atomic E-state index is 0.0439. The van der Waals surface area contributed by atoms with Crippen molar-refractivity contribution in [2.24, 2.45) is 0 Å². The number of ether oxygens (including phenoxy) is 1. The quantitative estimate of drug-likeness (QED) is 0.905. The lowest BCUT2D eigenvalue weighted by Crippen LogP contribution is -2.02. The molecule has 1 unspecified atom stereocenters. The zero-order chi connectivity index (χ0) is 14.7. The van der Waals surface area contributed by atoms with Gasteiger partial charge in [0.2, 0.25) is 0 Å². The molecule has 0 saturated carbocycles. The number of benzene rings is 2. The van der Waals surface area contributed by atoms with Gasteiger partial charge >= 0.3 is 0 Å². The van der Waals surface area contributed by atoms with Gasteiger partial charge in [-0.05, 0) is 35.4 Å². The summed E-state index contributed by atoms with van der Waals surface area (Å²) in [6, 6.07) is 9.46. The molecule has 2 aromatic carbocycles. The molecule has 0 heterocycles. The van der Waals surface area contributed by atoms with Crippen molar-refractivity contribution in [2.45, 2.75) is 12.5 Å². The Labute approximate surface area is 126 Å². The average Bonchev–Trinajstić information content (AvgIpc) is 2.42. The molecule has 0 amide bonds. The van der Waals surface area contributed by atoms with Crippen molar-refractivity contribution < 1.29 is 14.2 Å². The summed E-state index contributed by atoms with van der Waals surface area (Å²) in [5, 5.41) is 10.7. The van der Waals surface area contributed by atoms with Crippen LogP contribution in [-0.2, 0) is 6.42 Å². The third kappa shape index (κ3) is 3.42. The number of aliphatic hydroxyl groups is 1. The van der Waals surface area contributed by atoms with Crippen LogP contribution in [0.3, 0.4) is 0 Å². The number of halogens is 3. The van der Waals surface area contributed by atoms with Crippen LogP contribution in [-0.4, -0.2) is 12.2 Å². The monoisotopic (exact) mass is 314 g/mol.